The van der Waals surface area contributed by atoms with Gasteiger partial charge in [0.05, 0.1) is 7.11 Å². The first-order valence-electron chi connectivity index (χ1n) is 5.27. The number of nitrogens with zero attached hydrogens (tertiary/aromatic N) is 1. The number of halogens is 2. The highest BCUT2D eigenvalue weighted by molar-refractivity contribution is 5.85. The van der Waals surface area contributed by atoms with Crippen LogP contribution < -0.4 is 14.8 Å². The summed E-state index contributed by atoms with van der Waals surface area (Å²) in [7, 11) is 1.61. The normalized spacial score (nSPS) is 15.4. The lowest BCUT2D eigenvalue weighted by molar-refractivity contribution is 0.154. The molecule has 0 spiro atoms. The predicted octanol–water partition coefficient (Wildman–Crippen LogP) is 2.06. The fraction of sp³-hybridized carbons (Fsp3) is 0.545. The Labute approximate surface area is 114 Å². The molecule has 1 saturated heterocycles. The first kappa shape index (κ1) is 16.3. The fourth-order valence-electron chi connectivity index (χ4n) is 1.66. The number of hydrogen-bond acceptors (Lipinski definition) is 4. The molecule has 0 amide bonds. The predicted molar refractivity (Wildman–Crippen MR) is 71.8 cm³/mol. The van der Waals surface area contributed by atoms with Crippen LogP contribution in [0.15, 0.2) is 18.2 Å². The van der Waals surface area contributed by atoms with Crippen LogP contribution in [0.4, 0.5) is 0 Å². The van der Waals surface area contributed by atoms with Crippen LogP contribution in [0, 0.1) is 0 Å². The molecule has 1 aromatic heterocycles. The summed E-state index contributed by atoms with van der Waals surface area (Å²) in [6.07, 6.45) is 2.36. The second-order valence-corrected chi connectivity index (χ2v) is 3.59. The van der Waals surface area contributed by atoms with Crippen molar-refractivity contribution in [3.05, 3.63) is 18.2 Å². The van der Waals surface area contributed by atoms with E-state index in [-0.39, 0.29) is 30.9 Å². The van der Waals surface area contributed by atoms with Crippen LogP contribution in [-0.4, -0.2) is 31.3 Å². The lowest BCUT2D eigenvalue weighted by Gasteiger charge is -2.23. The first-order valence-corrected chi connectivity index (χ1v) is 5.27. The van der Waals surface area contributed by atoms with E-state index in [2.05, 4.69) is 10.3 Å². The van der Waals surface area contributed by atoms with Crippen molar-refractivity contribution in [2.45, 2.75) is 18.9 Å². The van der Waals surface area contributed by atoms with Crippen molar-refractivity contribution in [3.63, 3.8) is 0 Å². The van der Waals surface area contributed by atoms with E-state index in [4.69, 9.17) is 9.47 Å². The molecular formula is C11H18Cl2N2O2. The number of piperidine rings is 1. The Kier molecular flexibility index (Phi) is 8.04. The number of aromatic nitrogens is 1. The Balaban J connectivity index is 0.00000128. The van der Waals surface area contributed by atoms with Gasteiger partial charge in [0, 0.05) is 12.1 Å². The maximum atomic E-state index is 5.77. The average molecular weight is 281 g/mol. The van der Waals surface area contributed by atoms with E-state index >= 15 is 0 Å². The quantitative estimate of drug-likeness (QED) is 0.921. The van der Waals surface area contributed by atoms with Gasteiger partial charge in [0.1, 0.15) is 6.10 Å². The van der Waals surface area contributed by atoms with Crippen LogP contribution in [0.25, 0.3) is 0 Å². The third-order valence-corrected chi connectivity index (χ3v) is 2.48. The maximum Gasteiger partial charge on any atom is 0.216 e. The summed E-state index contributed by atoms with van der Waals surface area (Å²) in [5.74, 6) is 1.25. The van der Waals surface area contributed by atoms with Crippen LogP contribution in [-0.2, 0) is 0 Å². The molecule has 0 aromatic carbocycles. The highest BCUT2D eigenvalue weighted by Crippen LogP contribution is 2.17. The lowest BCUT2D eigenvalue weighted by Crippen LogP contribution is -2.34. The van der Waals surface area contributed by atoms with E-state index in [1.165, 1.54) is 0 Å². The SMILES string of the molecule is COc1cccc(OC2CCNCC2)n1.Cl.Cl. The molecule has 2 heterocycles. The van der Waals surface area contributed by atoms with Crippen LogP contribution in [0.3, 0.4) is 0 Å². The Morgan fingerprint density at radius 1 is 1.18 bits per heavy atom. The van der Waals surface area contributed by atoms with E-state index in [1.54, 1.807) is 7.11 Å². The molecule has 1 aromatic rings. The van der Waals surface area contributed by atoms with Crippen LogP contribution in [0.5, 0.6) is 11.8 Å². The van der Waals surface area contributed by atoms with Gasteiger partial charge in [0.2, 0.25) is 11.8 Å². The fourth-order valence-corrected chi connectivity index (χ4v) is 1.66. The summed E-state index contributed by atoms with van der Waals surface area (Å²) in [5.41, 5.74) is 0. The van der Waals surface area contributed by atoms with E-state index in [9.17, 15) is 0 Å². The summed E-state index contributed by atoms with van der Waals surface area (Å²) in [4.78, 5) is 4.22. The summed E-state index contributed by atoms with van der Waals surface area (Å²) >= 11 is 0. The Bertz CT molecular complexity index is 320. The van der Waals surface area contributed by atoms with E-state index < -0.39 is 0 Å². The van der Waals surface area contributed by atoms with Gasteiger partial charge in [-0.3, -0.25) is 0 Å². The summed E-state index contributed by atoms with van der Waals surface area (Å²) in [6, 6.07) is 5.57. The van der Waals surface area contributed by atoms with Gasteiger partial charge in [0.15, 0.2) is 0 Å². The molecule has 1 aliphatic rings. The molecule has 0 atom stereocenters. The van der Waals surface area contributed by atoms with Crippen LogP contribution in [0.2, 0.25) is 0 Å². The minimum absolute atomic E-state index is 0. The molecule has 0 aliphatic carbocycles. The Morgan fingerprint density at radius 3 is 2.47 bits per heavy atom. The monoisotopic (exact) mass is 280 g/mol. The summed E-state index contributed by atoms with van der Waals surface area (Å²) in [6.45, 7) is 2.04. The minimum atomic E-state index is 0. The van der Waals surface area contributed by atoms with Gasteiger partial charge in [-0.2, -0.15) is 4.98 Å². The molecule has 1 aliphatic heterocycles. The number of pyridine rings is 1. The summed E-state index contributed by atoms with van der Waals surface area (Å²) in [5, 5.41) is 3.30. The van der Waals surface area contributed by atoms with Crippen molar-refractivity contribution >= 4 is 24.8 Å². The van der Waals surface area contributed by atoms with Gasteiger partial charge < -0.3 is 14.8 Å². The molecule has 1 fully saturated rings. The highest BCUT2D eigenvalue weighted by Gasteiger charge is 2.14. The molecule has 0 radical (unpaired) electrons. The molecule has 98 valence electrons. The van der Waals surface area contributed by atoms with Crippen molar-refractivity contribution in [2.75, 3.05) is 20.2 Å². The molecule has 0 saturated carbocycles. The molecule has 0 unspecified atom stereocenters. The van der Waals surface area contributed by atoms with Gasteiger partial charge in [-0.25, -0.2) is 0 Å². The topological polar surface area (TPSA) is 43.4 Å². The molecule has 2 rings (SSSR count). The van der Waals surface area contributed by atoms with E-state index in [1.807, 2.05) is 18.2 Å². The Hall–Kier alpha value is -0.710. The number of nitrogens with one attached hydrogen (secondary N) is 1. The molecular weight excluding hydrogens is 263 g/mol. The second kappa shape index (κ2) is 8.39. The molecule has 4 nitrogen and oxygen atoms in total. The third kappa shape index (κ3) is 4.98. The Morgan fingerprint density at radius 2 is 1.82 bits per heavy atom. The van der Waals surface area contributed by atoms with Crippen molar-refractivity contribution in [1.29, 1.82) is 0 Å². The van der Waals surface area contributed by atoms with Gasteiger partial charge in [0.25, 0.3) is 0 Å². The zero-order valence-corrected chi connectivity index (χ0v) is 11.4. The third-order valence-electron chi connectivity index (χ3n) is 2.48. The molecule has 6 heteroatoms. The number of methoxy groups -OCH3 is 1. The molecule has 17 heavy (non-hydrogen) atoms. The van der Waals surface area contributed by atoms with Crippen molar-refractivity contribution in [1.82, 2.24) is 10.3 Å². The van der Waals surface area contributed by atoms with Crippen molar-refractivity contribution in [2.24, 2.45) is 0 Å². The maximum absolute atomic E-state index is 5.77. The molecule has 0 bridgehead atoms. The number of rotatable bonds is 3. The smallest absolute Gasteiger partial charge is 0.216 e. The zero-order valence-electron chi connectivity index (χ0n) is 9.72. The summed E-state index contributed by atoms with van der Waals surface area (Å²) < 4.78 is 10.8. The highest BCUT2D eigenvalue weighted by atomic mass is 35.5. The van der Waals surface area contributed by atoms with Crippen molar-refractivity contribution in [3.8, 4) is 11.8 Å². The first-order chi connectivity index (χ1) is 7.38. The van der Waals surface area contributed by atoms with Crippen LogP contribution in [0.1, 0.15) is 12.8 Å². The van der Waals surface area contributed by atoms with E-state index in [0.717, 1.165) is 25.9 Å². The largest absolute Gasteiger partial charge is 0.481 e. The van der Waals surface area contributed by atoms with Gasteiger partial charge in [-0.15, -0.1) is 24.8 Å². The van der Waals surface area contributed by atoms with E-state index in [0.29, 0.717) is 11.8 Å². The standard InChI is InChI=1S/C11H16N2O2.2ClH/c1-14-10-3-2-4-11(13-10)15-9-5-7-12-8-6-9;;/h2-4,9,12H,5-8H2,1H3;2*1H. The van der Waals surface area contributed by atoms with Gasteiger partial charge in [-0.1, -0.05) is 6.07 Å². The zero-order chi connectivity index (χ0) is 10.5. The lowest BCUT2D eigenvalue weighted by atomic mass is 10.1. The second-order valence-electron chi connectivity index (χ2n) is 3.59. The number of hydrogen-bond donors (Lipinski definition) is 1. The average Bonchev–Trinajstić information content (AvgIpc) is 2.31. The number of ether oxygens (including phenoxy) is 2. The van der Waals surface area contributed by atoms with Gasteiger partial charge >= 0.3 is 0 Å². The van der Waals surface area contributed by atoms with Crippen molar-refractivity contribution < 1.29 is 9.47 Å². The minimum Gasteiger partial charge on any atom is -0.481 e. The molecule has 1 N–H and O–H groups in total. The van der Waals surface area contributed by atoms with Crippen LogP contribution >= 0.6 is 24.8 Å². The van der Waals surface area contributed by atoms with Gasteiger partial charge in [-0.05, 0) is 25.9 Å².